The molecule has 4 nitrogen and oxygen atoms in total. The number of nitrogens with zero attached hydrogens (tertiary/aromatic N) is 1. The number of hydrazone groups is 1. The molecule has 2 aromatic rings. The summed E-state index contributed by atoms with van der Waals surface area (Å²) in [6, 6.07) is 9.42. The number of halogens is 1. The monoisotopic (exact) mass is 245 g/mol. The molecule has 0 unspecified atom stereocenters. The van der Waals surface area contributed by atoms with Crippen molar-refractivity contribution in [3.8, 4) is 0 Å². The minimum Gasteiger partial charge on any atom is -0.360 e. The van der Waals surface area contributed by atoms with Gasteiger partial charge < -0.3 is 4.98 Å². The summed E-state index contributed by atoms with van der Waals surface area (Å²) >= 11 is 0. The van der Waals surface area contributed by atoms with E-state index in [2.05, 4.69) is 15.5 Å². The summed E-state index contributed by atoms with van der Waals surface area (Å²) < 4.78 is 13.3. The van der Waals surface area contributed by atoms with E-state index in [0.29, 0.717) is 5.71 Å². The summed E-state index contributed by atoms with van der Waals surface area (Å²) in [6.45, 7) is 1.74. The number of carbonyl (C=O) groups is 1. The molecule has 92 valence electrons. The SMILES string of the molecule is C/C(=N/NC(=O)c1ccccc1F)c1ccc[nH]1. The van der Waals surface area contributed by atoms with Crippen molar-refractivity contribution >= 4 is 11.6 Å². The molecule has 0 saturated carbocycles. The maximum absolute atomic E-state index is 13.3. The van der Waals surface area contributed by atoms with Gasteiger partial charge >= 0.3 is 0 Å². The van der Waals surface area contributed by atoms with E-state index in [9.17, 15) is 9.18 Å². The normalized spacial score (nSPS) is 11.3. The molecule has 0 saturated heterocycles. The topological polar surface area (TPSA) is 57.2 Å². The quantitative estimate of drug-likeness (QED) is 0.632. The maximum Gasteiger partial charge on any atom is 0.274 e. The first-order valence-electron chi connectivity index (χ1n) is 5.41. The van der Waals surface area contributed by atoms with E-state index < -0.39 is 11.7 Å². The Labute approximate surface area is 104 Å². The van der Waals surface area contributed by atoms with Gasteiger partial charge in [0.05, 0.1) is 17.0 Å². The lowest BCUT2D eigenvalue weighted by molar-refractivity contribution is 0.0951. The summed E-state index contributed by atoms with van der Waals surface area (Å²) in [5.41, 5.74) is 3.70. The highest BCUT2D eigenvalue weighted by molar-refractivity contribution is 5.99. The number of H-pyrrole nitrogens is 1. The van der Waals surface area contributed by atoms with Gasteiger partial charge in [0.15, 0.2) is 0 Å². The molecule has 1 amide bonds. The van der Waals surface area contributed by atoms with E-state index in [1.807, 2.05) is 12.1 Å². The predicted molar refractivity (Wildman–Crippen MR) is 66.9 cm³/mol. The van der Waals surface area contributed by atoms with Crippen LogP contribution < -0.4 is 5.43 Å². The van der Waals surface area contributed by atoms with Gasteiger partial charge in [-0.05, 0) is 31.2 Å². The molecule has 0 radical (unpaired) electrons. The number of amides is 1. The van der Waals surface area contributed by atoms with Crippen molar-refractivity contribution in [3.63, 3.8) is 0 Å². The van der Waals surface area contributed by atoms with Crippen molar-refractivity contribution < 1.29 is 9.18 Å². The highest BCUT2D eigenvalue weighted by Crippen LogP contribution is 2.05. The standard InChI is InChI=1S/C13H12FN3O/c1-9(12-7-4-8-15-12)16-17-13(18)10-5-2-3-6-11(10)14/h2-8,15H,1H3,(H,17,18)/b16-9-. The minimum absolute atomic E-state index is 0.0273. The number of carbonyl (C=O) groups excluding carboxylic acids is 1. The smallest absolute Gasteiger partial charge is 0.274 e. The van der Waals surface area contributed by atoms with Crippen LogP contribution >= 0.6 is 0 Å². The Morgan fingerprint density at radius 2 is 2.06 bits per heavy atom. The Hall–Kier alpha value is -2.43. The summed E-state index contributed by atoms with van der Waals surface area (Å²) in [5, 5.41) is 3.90. The van der Waals surface area contributed by atoms with E-state index in [0.717, 1.165) is 5.69 Å². The van der Waals surface area contributed by atoms with Crippen molar-refractivity contribution in [2.45, 2.75) is 6.92 Å². The number of rotatable bonds is 3. The van der Waals surface area contributed by atoms with Gasteiger partial charge in [0.2, 0.25) is 0 Å². The van der Waals surface area contributed by atoms with E-state index >= 15 is 0 Å². The third kappa shape index (κ3) is 2.63. The van der Waals surface area contributed by atoms with Crippen LogP contribution in [0, 0.1) is 5.82 Å². The van der Waals surface area contributed by atoms with Crippen LogP contribution in [0.3, 0.4) is 0 Å². The van der Waals surface area contributed by atoms with Gasteiger partial charge in [-0.2, -0.15) is 5.10 Å². The Balaban J connectivity index is 2.09. The minimum atomic E-state index is -0.570. The Morgan fingerprint density at radius 1 is 1.28 bits per heavy atom. The van der Waals surface area contributed by atoms with Crippen molar-refractivity contribution in [3.05, 3.63) is 59.7 Å². The van der Waals surface area contributed by atoms with Crippen LogP contribution in [0.2, 0.25) is 0 Å². The van der Waals surface area contributed by atoms with Gasteiger partial charge in [-0.1, -0.05) is 12.1 Å². The Morgan fingerprint density at radius 3 is 2.72 bits per heavy atom. The van der Waals surface area contributed by atoms with Crippen LogP contribution in [0.15, 0.2) is 47.7 Å². The summed E-state index contributed by atoms with van der Waals surface area (Å²) in [7, 11) is 0. The molecule has 1 heterocycles. The second-order valence-electron chi connectivity index (χ2n) is 3.70. The lowest BCUT2D eigenvalue weighted by Crippen LogP contribution is -2.20. The zero-order valence-corrected chi connectivity index (χ0v) is 9.77. The molecule has 2 rings (SSSR count). The molecule has 5 heteroatoms. The number of aromatic nitrogens is 1. The number of benzene rings is 1. The molecule has 0 aliphatic carbocycles. The Kier molecular flexibility index (Phi) is 3.52. The maximum atomic E-state index is 13.3. The van der Waals surface area contributed by atoms with E-state index in [1.54, 1.807) is 19.2 Å². The number of nitrogens with one attached hydrogen (secondary N) is 2. The zero-order chi connectivity index (χ0) is 13.0. The zero-order valence-electron chi connectivity index (χ0n) is 9.77. The molecule has 18 heavy (non-hydrogen) atoms. The molecule has 1 aromatic carbocycles. The van der Waals surface area contributed by atoms with Crippen molar-refractivity contribution in [1.29, 1.82) is 0 Å². The van der Waals surface area contributed by atoms with E-state index in [4.69, 9.17) is 0 Å². The van der Waals surface area contributed by atoms with Gasteiger partial charge in [0.25, 0.3) is 5.91 Å². The molecule has 0 fully saturated rings. The van der Waals surface area contributed by atoms with Gasteiger partial charge in [0.1, 0.15) is 5.82 Å². The fraction of sp³-hybridized carbons (Fsp3) is 0.0769. The van der Waals surface area contributed by atoms with Crippen LogP contribution in [0.1, 0.15) is 23.0 Å². The van der Waals surface area contributed by atoms with Crippen LogP contribution in [0.25, 0.3) is 0 Å². The first kappa shape index (κ1) is 12.0. The van der Waals surface area contributed by atoms with Gasteiger partial charge in [0, 0.05) is 6.20 Å². The van der Waals surface area contributed by atoms with Gasteiger partial charge in [-0.15, -0.1) is 0 Å². The molecule has 2 N–H and O–H groups in total. The highest BCUT2D eigenvalue weighted by atomic mass is 19.1. The van der Waals surface area contributed by atoms with Crippen LogP contribution in [0.4, 0.5) is 4.39 Å². The lowest BCUT2D eigenvalue weighted by Gasteiger charge is -2.02. The second-order valence-corrected chi connectivity index (χ2v) is 3.70. The van der Waals surface area contributed by atoms with Crippen molar-refractivity contribution in [2.75, 3.05) is 0 Å². The molecule has 0 spiro atoms. The fourth-order valence-electron chi connectivity index (χ4n) is 1.46. The van der Waals surface area contributed by atoms with Gasteiger partial charge in [-0.25, -0.2) is 9.82 Å². The van der Waals surface area contributed by atoms with Crippen LogP contribution in [0.5, 0.6) is 0 Å². The third-order valence-electron chi connectivity index (χ3n) is 2.43. The molecular formula is C13H12FN3O. The van der Waals surface area contributed by atoms with Crippen LogP contribution in [-0.2, 0) is 0 Å². The highest BCUT2D eigenvalue weighted by Gasteiger charge is 2.09. The lowest BCUT2D eigenvalue weighted by atomic mass is 10.2. The third-order valence-corrected chi connectivity index (χ3v) is 2.43. The second kappa shape index (κ2) is 5.27. The first-order valence-corrected chi connectivity index (χ1v) is 5.41. The molecule has 0 atom stereocenters. The average molecular weight is 245 g/mol. The summed E-state index contributed by atoms with van der Waals surface area (Å²) in [6.07, 6.45) is 1.76. The number of aromatic amines is 1. The largest absolute Gasteiger partial charge is 0.360 e. The molecule has 0 bridgehead atoms. The molecule has 1 aromatic heterocycles. The predicted octanol–water partition coefficient (Wildman–Crippen LogP) is 2.31. The van der Waals surface area contributed by atoms with E-state index in [1.165, 1.54) is 18.2 Å². The Bertz CT molecular complexity index is 576. The fourth-order valence-corrected chi connectivity index (χ4v) is 1.46. The number of hydrogen-bond acceptors (Lipinski definition) is 2. The van der Waals surface area contributed by atoms with Crippen LogP contribution in [-0.4, -0.2) is 16.6 Å². The average Bonchev–Trinajstić information content (AvgIpc) is 2.90. The molecule has 0 aliphatic heterocycles. The summed E-state index contributed by atoms with van der Waals surface area (Å²) in [5.74, 6) is -1.14. The molecular weight excluding hydrogens is 233 g/mol. The van der Waals surface area contributed by atoms with Crippen molar-refractivity contribution in [2.24, 2.45) is 5.10 Å². The first-order chi connectivity index (χ1) is 8.68. The van der Waals surface area contributed by atoms with E-state index in [-0.39, 0.29) is 5.56 Å². The summed E-state index contributed by atoms with van der Waals surface area (Å²) in [4.78, 5) is 14.6. The molecule has 0 aliphatic rings. The van der Waals surface area contributed by atoms with Gasteiger partial charge in [-0.3, -0.25) is 4.79 Å². The van der Waals surface area contributed by atoms with Crippen molar-refractivity contribution in [1.82, 2.24) is 10.4 Å². The number of hydrogen-bond donors (Lipinski definition) is 2.